The van der Waals surface area contributed by atoms with Gasteiger partial charge in [0.25, 0.3) is 0 Å². The summed E-state index contributed by atoms with van der Waals surface area (Å²) >= 11 is 6.04. The zero-order valence-electron chi connectivity index (χ0n) is 9.70. The van der Waals surface area contributed by atoms with E-state index >= 15 is 0 Å². The third-order valence-electron chi connectivity index (χ3n) is 2.24. The summed E-state index contributed by atoms with van der Waals surface area (Å²) in [4.78, 5) is 0. The van der Waals surface area contributed by atoms with Gasteiger partial charge in [0, 0.05) is 11.6 Å². The summed E-state index contributed by atoms with van der Waals surface area (Å²) in [7, 11) is 4.50. The second-order valence-electron chi connectivity index (χ2n) is 3.22. The Morgan fingerprint density at radius 3 is 2.06 bits per heavy atom. The van der Waals surface area contributed by atoms with Crippen LogP contribution in [0.4, 0.5) is 0 Å². The summed E-state index contributed by atoms with van der Waals surface area (Å²) < 4.78 is 15.5. The minimum absolute atomic E-state index is 0.379. The number of halogens is 1. The van der Waals surface area contributed by atoms with Crippen molar-refractivity contribution >= 4 is 11.6 Å². The van der Waals surface area contributed by atoms with Crippen molar-refractivity contribution in [3.63, 3.8) is 0 Å². The molecule has 1 atom stereocenters. The fraction of sp³-hybridized carbons (Fsp3) is 0.455. The second kappa shape index (κ2) is 5.27. The van der Waals surface area contributed by atoms with Crippen LogP contribution in [0.25, 0.3) is 0 Å². The van der Waals surface area contributed by atoms with Gasteiger partial charge in [0.1, 0.15) is 0 Å². The van der Waals surface area contributed by atoms with E-state index < -0.39 is 6.10 Å². The van der Waals surface area contributed by atoms with Gasteiger partial charge in [-0.25, -0.2) is 0 Å². The number of methoxy groups -OCH3 is 3. The first kappa shape index (κ1) is 12.9. The SMILES string of the molecule is COc1cc(Cl)c(C(C)O)c(OC)c1OC. The molecule has 0 aliphatic heterocycles. The van der Waals surface area contributed by atoms with Crippen molar-refractivity contribution in [1.29, 1.82) is 0 Å². The molecule has 0 heterocycles. The van der Waals surface area contributed by atoms with Crippen LogP contribution in [0.1, 0.15) is 18.6 Å². The molecule has 1 aromatic rings. The average molecular weight is 247 g/mol. The lowest BCUT2D eigenvalue weighted by atomic mass is 10.1. The summed E-state index contributed by atoms with van der Waals surface area (Å²) in [6.07, 6.45) is -0.748. The summed E-state index contributed by atoms with van der Waals surface area (Å²) in [5.41, 5.74) is 0.488. The maximum absolute atomic E-state index is 9.64. The molecule has 1 unspecified atom stereocenters. The lowest BCUT2D eigenvalue weighted by Crippen LogP contribution is -2.02. The van der Waals surface area contributed by atoms with E-state index in [4.69, 9.17) is 25.8 Å². The predicted molar refractivity (Wildman–Crippen MR) is 61.7 cm³/mol. The Morgan fingerprint density at radius 2 is 1.69 bits per heavy atom. The normalized spacial score (nSPS) is 12.1. The van der Waals surface area contributed by atoms with Crippen molar-refractivity contribution in [3.8, 4) is 17.2 Å². The molecule has 0 saturated heterocycles. The highest BCUT2D eigenvalue weighted by atomic mass is 35.5. The van der Waals surface area contributed by atoms with Gasteiger partial charge in [-0.3, -0.25) is 0 Å². The first-order valence-corrected chi connectivity index (χ1v) is 5.11. The van der Waals surface area contributed by atoms with Gasteiger partial charge < -0.3 is 19.3 Å². The van der Waals surface area contributed by atoms with E-state index in [0.29, 0.717) is 27.8 Å². The van der Waals surface area contributed by atoms with Crippen molar-refractivity contribution in [2.24, 2.45) is 0 Å². The van der Waals surface area contributed by atoms with Crippen LogP contribution < -0.4 is 14.2 Å². The van der Waals surface area contributed by atoms with Crippen molar-refractivity contribution in [2.75, 3.05) is 21.3 Å². The maximum atomic E-state index is 9.64. The zero-order chi connectivity index (χ0) is 12.3. The Labute approximate surface area is 99.7 Å². The molecule has 0 aromatic heterocycles. The number of aliphatic hydroxyl groups excluding tert-OH is 1. The van der Waals surface area contributed by atoms with Gasteiger partial charge in [-0.2, -0.15) is 0 Å². The monoisotopic (exact) mass is 246 g/mol. The van der Waals surface area contributed by atoms with Crippen LogP contribution in [0.5, 0.6) is 17.2 Å². The Bertz CT molecular complexity index is 377. The molecule has 16 heavy (non-hydrogen) atoms. The summed E-state index contributed by atoms with van der Waals surface area (Å²) in [5.74, 6) is 1.28. The van der Waals surface area contributed by atoms with Gasteiger partial charge in [0.15, 0.2) is 11.5 Å². The van der Waals surface area contributed by atoms with E-state index in [1.807, 2.05) is 0 Å². The van der Waals surface area contributed by atoms with Gasteiger partial charge in [-0.05, 0) is 6.92 Å². The van der Waals surface area contributed by atoms with E-state index in [-0.39, 0.29) is 0 Å². The fourth-order valence-corrected chi connectivity index (χ4v) is 1.88. The van der Waals surface area contributed by atoms with Gasteiger partial charge in [0.2, 0.25) is 5.75 Å². The van der Waals surface area contributed by atoms with Gasteiger partial charge in [-0.1, -0.05) is 11.6 Å². The van der Waals surface area contributed by atoms with Crippen molar-refractivity contribution in [3.05, 3.63) is 16.7 Å². The average Bonchev–Trinajstić information content (AvgIpc) is 2.26. The third kappa shape index (κ3) is 2.18. The number of aliphatic hydroxyl groups is 1. The van der Waals surface area contributed by atoms with E-state index in [2.05, 4.69) is 0 Å². The number of rotatable bonds is 4. The molecule has 0 spiro atoms. The van der Waals surface area contributed by atoms with Gasteiger partial charge >= 0.3 is 0 Å². The predicted octanol–water partition coefficient (Wildman–Crippen LogP) is 2.42. The Morgan fingerprint density at radius 1 is 1.12 bits per heavy atom. The van der Waals surface area contributed by atoms with Crippen LogP contribution in [-0.4, -0.2) is 26.4 Å². The van der Waals surface area contributed by atoms with Crippen molar-refractivity contribution in [2.45, 2.75) is 13.0 Å². The Kier molecular flexibility index (Phi) is 4.26. The molecule has 0 radical (unpaired) electrons. The number of ether oxygens (including phenoxy) is 3. The molecule has 0 aliphatic carbocycles. The molecule has 1 rings (SSSR count). The molecule has 0 bridgehead atoms. The van der Waals surface area contributed by atoms with E-state index in [0.717, 1.165) is 0 Å². The quantitative estimate of drug-likeness (QED) is 0.886. The largest absolute Gasteiger partial charge is 0.493 e. The van der Waals surface area contributed by atoms with Crippen LogP contribution in [0, 0.1) is 0 Å². The number of benzene rings is 1. The van der Waals surface area contributed by atoms with Crippen molar-refractivity contribution < 1.29 is 19.3 Å². The first-order chi connectivity index (χ1) is 7.56. The van der Waals surface area contributed by atoms with Crippen molar-refractivity contribution in [1.82, 2.24) is 0 Å². The molecule has 1 N–H and O–H groups in total. The van der Waals surface area contributed by atoms with Gasteiger partial charge in [-0.15, -0.1) is 0 Å². The molecule has 0 fully saturated rings. The lowest BCUT2D eigenvalue weighted by molar-refractivity contribution is 0.192. The summed E-state index contributed by atoms with van der Waals surface area (Å²) in [6, 6.07) is 1.59. The number of hydrogen-bond acceptors (Lipinski definition) is 4. The van der Waals surface area contributed by atoms with Crippen LogP contribution in [0.15, 0.2) is 6.07 Å². The van der Waals surface area contributed by atoms with Crippen LogP contribution >= 0.6 is 11.6 Å². The highest BCUT2D eigenvalue weighted by Crippen LogP contribution is 2.45. The minimum atomic E-state index is -0.748. The molecule has 4 nitrogen and oxygen atoms in total. The molecule has 90 valence electrons. The van der Waals surface area contributed by atoms with Gasteiger partial charge in [0.05, 0.1) is 32.5 Å². The van der Waals surface area contributed by atoms with E-state index in [9.17, 15) is 5.11 Å². The molecular weight excluding hydrogens is 232 g/mol. The Hall–Kier alpha value is -1.13. The highest BCUT2D eigenvalue weighted by molar-refractivity contribution is 6.31. The number of hydrogen-bond donors (Lipinski definition) is 1. The summed E-state index contributed by atoms with van der Waals surface area (Å²) in [5, 5.41) is 10.0. The molecule has 5 heteroatoms. The van der Waals surface area contributed by atoms with Crippen LogP contribution in [0.3, 0.4) is 0 Å². The first-order valence-electron chi connectivity index (χ1n) is 4.73. The smallest absolute Gasteiger partial charge is 0.203 e. The standard InChI is InChI=1S/C11H15ClO4/c1-6(13)9-7(12)5-8(14-2)10(15-3)11(9)16-4/h5-6,13H,1-4H3. The minimum Gasteiger partial charge on any atom is -0.493 e. The maximum Gasteiger partial charge on any atom is 0.203 e. The van der Waals surface area contributed by atoms with Crippen LogP contribution in [0.2, 0.25) is 5.02 Å². The van der Waals surface area contributed by atoms with E-state index in [1.54, 1.807) is 13.0 Å². The second-order valence-corrected chi connectivity index (χ2v) is 3.62. The Balaban J connectivity index is 3.51. The fourth-order valence-electron chi connectivity index (χ4n) is 1.54. The topological polar surface area (TPSA) is 47.9 Å². The lowest BCUT2D eigenvalue weighted by Gasteiger charge is -2.18. The van der Waals surface area contributed by atoms with E-state index in [1.165, 1.54) is 21.3 Å². The van der Waals surface area contributed by atoms with Crippen LogP contribution in [-0.2, 0) is 0 Å². The summed E-state index contributed by atoms with van der Waals surface area (Å²) in [6.45, 7) is 1.61. The molecular formula is C11H15ClO4. The third-order valence-corrected chi connectivity index (χ3v) is 2.55. The molecule has 0 aliphatic rings. The zero-order valence-corrected chi connectivity index (χ0v) is 10.5. The molecule has 0 saturated carbocycles. The molecule has 0 amide bonds. The molecule has 1 aromatic carbocycles. The highest BCUT2D eigenvalue weighted by Gasteiger charge is 2.22.